The number of carbonyl (C=O) groups is 1. The maximum Gasteiger partial charge on any atom is 0.395 e. The summed E-state index contributed by atoms with van der Waals surface area (Å²) in [5, 5.41) is 1.36. The Hall–Kier alpha value is -4.28. The zero-order valence-corrected chi connectivity index (χ0v) is 19.7. The SMILES string of the molecule is CC(c1c(C(=O)NN2CCOc3ccccc32)cnc2c(-c3cc(F)cc(F)c3F)cccc12)C(F)(F)F. The Morgan fingerprint density at radius 1 is 1.05 bits per heavy atom. The summed E-state index contributed by atoms with van der Waals surface area (Å²) in [6.07, 6.45) is -3.79. The van der Waals surface area contributed by atoms with Crippen LogP contribution in [0.4, 0.5) is 32.0 Å². The van der Waals surface area contributed by atoms with Crippen molar-refractivity contribution in [2.45, 2.75) is 19.0 Å². The van der Waals surface area contributed by atoms with Crippen LogP contribution >= 0.6 is 0 Å². The van der Waals surface area contributed by atoms with E-state index in [1.165, 1.54) is 23.2 Å². The number of rotatable bonds is 4. The lowest BCUT2D eigenvalue weighted by Crippen LogP contribution is -2.47. The number of hydrogen-bond acceptors (Lipinski definition) is 4. The zero-order valence-electron chi connectivity index (χ0n) is 19.7. The molecule has 196 valence electrons. The van der Waals surface area contributed by atoms with Crippen LogP contribution in [0.2, 0.25) is 0 Å². The van der Waals surface area contributed by atoms with E-state index in [2.05, 4.69) is 10.4 Å². The highest BCUT2D eigenvalue weighted by atomic mass is 19.4. The third-order valence-electron chi connectivity index (χ3n) is 6.36. The fourth-order valence-electron chi connectivity index (χ4n) is 4.49. The summed E-state index contributed by atoms with van der Waals surface area (Å²) in [7, 11) is 0. The highest BCUT2D eigenvalue weighted by molar-refractivity contribution is 6.04. The summed E-state index contributed by atoms with van der Waals surface area (Å²) in [6, 6.07) is 11.8. The van der Waals surface area contributed by atoms with Crippen molar-refractivity contribution in [3.63, 3.8) is 0 Å². The fraction of sp³-hybridized carbons (Fsp3) is 0.185. The number of hydrogen-bond donors (Lipinski definition) is 1. The van der Waals surface area contributed by atoms with Crippen LogP contribution in [0.1, 0.15) is 28.8 Å². The number of aromatic nitrogens is 1. The number of hydrazine groups is 1. The highest BCUT2D eigenvalue weighted by Gasteiger charge is 2.40. The van der Waals surface area contributed by atoms with E-state index in [0.717, 1.165) is 19.2 Å². The van der Waals surface area contributed by atoms with Gasteiger partial charge in [0.25, 0.3) is 5.91 Å². The first-order valence-electron chi connectivity index (χ1n) is 11.5. The average molecular weight is 531 g/mol. The molecule has 0 bridgehead atoms. The molecule has 5 nitrogen and oxygen atoms in total. The number of pyridine rings is 1. The van der Waals surface area contributed by atoms with Crippen molar-refractivity contribution in [3.8, 4) is 16.9 Å². The van der Waals surface area contributed by atoms with E-state index in [9.17, 15) is 31.1 Å². The van der Waals surface area contributed by atoms with Gasteiger partial charge in [0.2, 0.25) is 0 Å². The molecule has 3 aromatic carbocycles. The molecule has 4 aromatic rings. The van der Waals surface area contributed by atoms with E-state index < -0.39 is 46.6 Å². The smallest absolute Gasteiger partial charge is 0.395 e. The highest BCUT2D eigenvalue weighted by Crippen LogP contribution is 2.41. The normalized spacial score (nSPS) is 14.1. The molecule has 1 amide bonds. The van der Waals surface area contributed by atoms with Crippen molar-refractivity contribution in [1.82, 2.24) is 10.4 Å². The summed E-state index contributed by atoms with van der Waals surface area (Å²) in [5.74, 6) is -6.39. The van der Waals surface area contributed by atoms with E-state index in [1.807, 2.05) is 0 Å². The molecule has 0 saturated carbocycles. The second kappa shape index (κ2) is 9.55. The maximum absolute atomic E-state index is 14.6. The van der Waals surface area contributed by atoms with Gasteiger partial charge in [0.05, 0.1) is 29.2 Å². The molecule has 0 saturated heterocycles. The molecule has 0 radical (unpaired) electrons. The van der Waals surface area contributed by atoms with E-state index in [1.54, 1.807) is 24.3 Å². The summed E-state index contributed by atoms with van der Waals surface area (Å²) >= 11 is 0. The third kappa shape index (κ3) is 4.48. The lowest BCUT2D eigenvalue weighted by Gasteiger charge is -2.31. The number of carbonyl (C=O) groups excluding carboxylic acids is 1. The maximum atomic E-state index is 14.6. The van der Waals surface area contributed by atoms with Gasteiger partial charge in [-0.05, 0) is 30.7 Å². The number of amides is 1. The van der Waals surface area contributed by atoms with Crippen molar-refractivity contribution < 1.29 is 35.9 Å². The van der Waals surface area contributed by atoms with E-state index in [-0.39, 0.29) is 35.2 Å². The number of alkyl halides is 3. The van der Waals surface area contributed by atoms with E-state index in [0.29, 0.717) is 17.5 Å². The second-order valence-electron chi connectivity index (χ2n) is 8.71. The van der Waals surface area contributed by atoms with Gasteiger partial charge in [-0.1, -0.05) is 30.3 Å². The Bertz CT molecular complexity index is 1560. The quantitative estimate of drug-likeness (QED) is 0.240. The Labute approximate surface area is 212 Å². The second-order valence-corrected chi connectivity index (χ2v) is 8.71. The van der Waals surface area contributed by atoms with Crippen LogP contribution in [0.25, 0.3) is 22.0 Å². The number of benzene rings is 3. The summed E-state index contributed by atoms with van der Waals surface area (Å²) in [4.78, 5) is 17.5. The molecular formula is C27H19F6N3O2. The van der Waals surface area contributed by atoms with Crippen molar-refractivity contribution >= 4 is 22.5 Å². The number of ether oxygens (including phenoxy) is 1. The van der Waals surface area contributed by atoms with Crippen LogP contribution < -0.4 is 15.2 Å². The van der Waals surface area contributed by atoms with Crippen molar-refractivity contribution in [3.05, 3.63) is 89.4 Å². The Balaban J connectivity index is 1.66. The van der Waals surface area contributed by atoms with Gasteiger partial charge in [0, 0.05) is 28.8 Å². The number of halogens is 6. The average Bonchev–Trinajstić information content (AvgIpc) is 2.89. The monoisotopic (exact) mass is 531 g/mol. The third-order valence-corrected chi connectivity index (χ3v) is 6.36. The van der Waals surface area contributed by atoms with Gasteiger partial charge in [0.1, 0.15) is 18.2 Å². The molecule has 1 atom stereocenters. The van der Waals surface area contributed by atoms with E-state index in [4.69, 9.17) is 4.74 Å². The van der Waals surface area contributed by atoms with Crippen molar-refractivity contribution in [2.24, 2.45) is 0 Å². The number of fused-ring (bicyclic) bond motifs is 2. The summed E-state index contributed by atoms with van der Waals surface area (Å²) in [5.41, 5.74) is 1.62. The molecule has 1 aliphatic rings. The Kier molecular flexibility index (Phi) is 6.38. The number of nitrogens with one attached hydrogen (secondary N) is 1. The first-order valence-corrected chi connectivity index (χ1v) is 11.5. The molecule has 1 unspecified atom stereocenters. The van der Waals surface area contributed by atoms with Gasteiger partial charge < -0.3 is 4.74 Å². The molecule has 5 rings (SSSR count). The molecule has 2 heterocycles. The van der Waals surface area contributed by atoms with Gasteiger partial charge in [-0.25, -0.2) is 13.2 Å². The molecule has 38 heavy (non-hydrogen) atoms. The van der Waals surface area contributed by atoms with Crippen LogP contribution in [-0.2, 0) is 0 Å². The van der Waals surface area contributed by atoms with Gasteiger partial charge in [0.15, 0.2) is 11.6 Å². The zero-order chi connectivity index (χ0) is 27.2. The van der Waals surface area contributed by atoms with Gasteiger partial charge in [-0.15, -0.1) is 0 Å². The lowest BCUT2D eigenvalue weighted by molar-refractivity contribution is -0.146. The Morgan fingerprint density at radius 3 is 2.58 bits per heavy atom. The minimum Gasteiger partial charge on any atom is -0.489 e. The number of anilines is 1. The largest absolute Gasteiger partial charge is 0.489 e. The minimum atomic E-state index is -4.75. The van der Waals surface area contributed by atoms with Crippen LogP contribution in [0.15, 0.2) is 60.8 Å². The van der Waals surface area contributed by atoms with Crippen LogP contribution in [0.3, 0.4) is 0 Å². The van der Waals surface area contributed by atoms with Crippen molar-refractivity contribution in [1.29, 1.82) is 0 Å². The minimum absolute atomic E-state index is 0.105. The first-order chi connectivity index (χ1) is 18.1. The molecule has 1 aliphatic heterocycles. The molecule has 0 aliphatic carbocycles. The number of para-hydroxylation sites is 3. The molecule has 0 fully saturated rings. The molecule has 1 aromatic heterocycles. The van der Waals surface area contributed by atoms with Crippen LogP contribution in [-0.4, -0.2) is 30.2 Å². The Morgan fingerprint density at radius 2 is 1.82 bits per heavy atom. The van der Waals surface area contributed by atoms with Crippen molar-refractivity contribution in [2.75, 3.05) is 18.2 Å². The fourth-order valence-corrected chi connectivity index (χ4v) is 4.49. The topological polar surface area (TPSA) is 54.5 Å². The number of nitrogens with zero attached hydrogens (tertiary/aromatic N) is 2. The summed E-state index contributed by atoms with van der Waals surface area (Å²) < 4.78 is 90.1. The van der Waals surface area contributed by atoms with Crippen LogP contribution in [0, 0.1) is 17.5 Å². The van der Waals surface area contributed by atoms with Gasteiger partial charge in [-0.2, -0.15) is 13.2 Å². The molecule has 11 heteroatoms. The molecular weight excluding hydrogens is 512 g/mol. The summed E-state index contributed by atoms with van der Waals surface area (Å²) in [6.45, 7) is 1.37. The first kappa shape index (κ1) is 25.4. The molecule has 1 N–H and O–H groups in total. The molecule has 0 spiro atoms. The predicted octanol–water partition coefficient (Wildman–Crippen LogP) is 6.53. The predicted molar refractivity (Wildman–Crippen MR) is 128 cm³/mol. The van der Waals surface area contributed by atoms with Crippen LogP contribution in [0.5, 0.6) is 5.75 Å². The standard InChI is InChI=1S/C27H19F6N3O2/c1-14(27(31,32)33)23-17-6-4-5-16(18-11-15(28)12-20(29)24(18)30)25(17)34-13-19(23)26(37)35-36-9-10-38-22-8-3-2-7-21(22)36/h2-8,11-14H,9-10H2,1H3,(H,35,37). The van der Waals surface area contributed by atoms with Gasteiger partial charge in [-0.3, -0.25) is 20.2 Å². The van der Waals surface area contributed by atoms with E-state index >= 15 is 0 Å². The van der Waals surface area contributed by atoms with Gasteiger partial charge >= 0.3 is 6.18 Å². The lowest BCUT2D eigenvalue weighted by atomic mass is 9.89.